The maximum atomic E-state index is 12.9. The number of hydrogen-bond donors (Lipinski definition) is 1. The number of aliphatic imine (C=N–C) groups is 1. The third-order valence-electron chi connectivity index (χ3n) is 4.78. The summed E-state index contributed by atoms with van der Waals surface area (Å²) in [5.74, 6) is 1.62. The van der Waals surface area contributed by atoms with E-state index in [1.165, 1.54) is 11.8 Å². The lowest BCUT2D eigenvalue weighted by molar-refractivity contribution is -0.181. The second kappa shape index (κ2) is 11.3. The lowest BCUT2D eigenvalue weighted by Crippen LogP contribution is -2.57. The van der Waals surface area contributed by atoms with Crippen LogP contribution in [0.2, 0.25) is 0 Å². The van der Waals surface area contributed by atoms with Crippen LogP contribution >= 0.6 is 0 Å². The molecule has 160 valence electrons. The van der Waals surface area contributed by atoms with Crippen molar-refractivity contribution in [3.8, 4) is 0 Å². The van der Waals surface area contributed by atoms with Gasteiger partial charge in [-0.05, 0) is 32.4 Å². The van der Waals surface area contributed by atoms with E-state index in [1.54, 1.807) is 6.26 Å². The van der Waals surface area contributed by atoms with Crippen molar-refractivity contribution in [3.05, 3.63) is 24.2 Å². The first-order valence-corrected chi connectivity index (χ1v) is 9.86. The Balaban J connectivity index is 1.87. The van der Waals surface area contributed by atoms with Gasteiger partial charge in [0.15, 0.2) is 5.96 Å². The summed E-state index contributed by atoms with van der Waals surface area (Å²) in [4.78, 5) is 8.15. The summed E-state index contributed by atoms with van der Waals surface area (Å²) in [5, 5.41) is 3.33. The number of hydrogen-bond acceptors (Lipinski definition) is 4. The van der Waals surface area contributed by atoms with Crippen molar-refractivity contribution in [1.29, 1.82) is 0 Å². The Morgan fingerprint density at radius 1 is 1.32 bits per heavy atom. The average molecular weight is 404 g/mol. The first kappa shape index (κ1) is 22.5. The van der Waals surface area contributed by atoms with Crippen molar-refractivity contribution in [2.75, 3.05) is 52.5 Å². The Morgan fingerprint density at radius 2 is 2.07 bits per heavy atom. The SMILES string of the molecule is CCOCCCN=C(NCCc1ccco1)N1CCN(C(C)C(F)(F)F)CC1. The van der Waals surface area contributed by atoms with Crippen LogP contribution in [0.4, 0.5) is 13.2 Å². The summed E-state index contributed by atoms with van der Waals surface area (Å²) in [5.41, 5.74) is 0. The minimum absolute atomic E-state index is 0.360. The third kappa shape index (κ3) is 7.35. The van der Waals surface area contributed by atoms with E-state index in [-0.39, 0.29) is 0 Å². The minimum Gasteiger partial charge on any atom is -0.469 e. The molecule has 1 aliphatic heterocycles. The molecule has 0 saturated carbocycles. The van der Waals surface area contributed by atoms with E-state index in [2.05, 4.69) is 10.3 Å². The summed E-state index contributed by atoms with van der Waals surface area (Å²) < 4.78 is 49.5. The van der Waals surface area contributed by atoms with Gasteiger partial charge < -0.3 is 19.4 Å². The van der Waals surface area contributed by atoms with Crippen LogP contribution in [-0.2, 0) is 11.2 Å². The van der Waals surface area contributed by atoms with E-state index < -0.39 is 12.2 Å². The maximum Gasteiger partial charge on any atom is 0.403 e. The Morgan fingerprint density at radius 3 is 2.68 bits per heavy atom. The van der Waals surface area contributed by atoms with Gasteiger partial charge >= 0.3 is 6.18 Å². The standard InChI is InChI=1S/C19H31F3N4O2/c1-3-27-14-5-8-23-18(24-9-7-17-6-4-15-28-17)26-12-10-25(11-13-26)16(2)19(20,21)22/h4,6,15-16H,3,5,7-14H2,1-2H3,(H,23,24). The van der Waals surface area contributed by atoms with Crippen LogP contribution in [0, 0.1) is 0 Å². The van der Waals surface area contributed by atoms with Crippen molar-refractivity contribution in [3.63, 3.8) is 0 Å². The molecule has 0 bridgehead atoms. The quantitative estimate of drug-likeness (QED) is 0.390. The molecule has 2 heterocycles. The van der Waals surface area contributed by atoms with Crippen molar-refractivity contribution in [2.45, 2.75) is 38.9 Å². The molecular weight excluding hydrogens is 373 g/mol. The molecule has 0 aliphatic carbocycles. The molecule has 28 heavy (non-hydrogen) atoms. The molecule has 2 rings (SSSR count). The lowest BCUT2D eigenvalue weighted by Gasteiger charge is -2.39. The number of ether oxygens (including phenoxy) is 1. The molecule has 0 aromatic carbocycles. The molecule has 1 saturated heterocycles. The Kier molecular flexibility index (Phi) is 9.11. The highest BCUT2D eigenvalue weighted by Crippen LogP contribution is 2.25. The predicted molar refractivity (Wildman–Crippen MR) is 102 cm³/mol. The molecule has 1 atom stereocenters. The number of furan rings is 1. The summed E-state index contributed by atoms with van der Waals surface area (Å²) in [6, 6.07) is 2.34. The van der Waals surface area contributed by atoms with Crippen LogP contribution in [0.3, 0.4) is 0 Å². The molecule has 1 aliphatic rings. The van der Waals surface area contributed by atoms with Gasteiger partial charge in [-0.3, -0.25) is 9.89 Å². The normalized spacial score (nSPS) is 17.8. The summed E-state index contributed by atoms with van der Waals surface area (Å²) in [6.45, 7) is 7.51. The van der Waals surface area contributed by atoms with Gasteiger partial charge in [0.25, 0.3) is 0 Å². The fraction of sp³-hybridized carbons (Fsp3) is 0.737. The molecule has 1 aromatic rings. The minimum atomic E-state index is -4.19. The van der Waals surface area contributed by atoms with Gasteiger partial charge in [-0.2, -0.15) is 13.2 Å². The zero-order valence-electron chi connectivity index (χ0n) is 16.7. The first-order chi connectivity index (χ1) is 13.4. The molecule has 9 heteroatoms. The highest BCUT2D eigenvalue weighted by atomic mass is 19.4. The van der Waals surface area contributed by atoms with Crippen LogP contribution in [0.15, 0.2) is 27.8 Å². The highest BCUT2D eigenvalue weighted by molar-refractivity contribution is 5.80. The lowest BCUT2D eigenvalue weighted by atomic mass is 10.2. The number of halogens is 3. The van der Waals surface area contributed by atoms with Gasteiger partial charge in [0, 0.05) is 58.9 Å². The first-order valence-electron chi connectivity index (χ1n) is 9.86. The largest absolute Gasteiger partial charge is 0.469 e. The number of piperazine rings is 1. The van der Waals surface area contributed by atoms with Crippen LogP contribution in [-0.4, -0.2) is 80.5 Å². The average Bonchev–Trinajstić information content (AvgIpc) is 3.19. The Bertz CT molecular complexity index is 570. The third-order valence-corrected chi connectivity index (χ3v) is 4.78. The van der Waals surface area contributed by atoms with Crippen molar-refractivity contribution >= 4 is 5.96 Å². The topological polar surface area (TPSA) is 53.2 Å². The molecule has 1 fully saturated rings. The molecule has 0 amide bonds. The van der Waals surface area contributed by atoms with Gasteiger partial charge in [-0.15, -0.1) is 0 Å². The Labute approximate surface area is 164 Å². The van der Waals surface area contributed by atoms with Gasteiger partial charge in [0.1, 0.15) is 11.8 Å². The number of rotatable bonds is 9. The van der Waals surface area contributed by atoms with E-state index in [4.69, 9.17) is 9.15 Å². The van der Waals surface area contributed by atoms with Crippen molar-refractivity contribution in [2.24, 2.45) is 4.99 Å². The number of nitrogens with zero attached hydrogens (tertiary/aromatic N) is 3. The summed E-state index contributed by atoms with van der Waals surface area (Å²) >= 11 is 0. The van der Waals surface area contributed by atoms with Crippen LogP contribution in [0.25, 0.3) is 0 Å². The van der Waals surface area contributed by atoms with E-state index in [9.17, 15) is 13.2 Å². The van der Waals surface area contributed by atoms with E-state index in [0.717, 1.165) is 24.6 Å². The smallest absolute Gasteiger partial charge is 0.403 e. The van der Waals surface area contributed by atoms with E-state index >= 15 is 0 Å². The summed E-state index contributed by atoms with van der Waals surface area (Å²) in [7, 11) is 0. The number of nitrogens with one attached hydrogen (secondary N) is 1. The molecule has 1 aromatic heterocycles. The molecule has 1 N–H and O–H groups in total. The second-order valence-corrected chi connectivity index (χ2v) is 6.75. The Hall–Kier alpha value is -1.74. The highest BCUT2D eigenvalue weighted by Gasteiger charge is 2.41. The molecule has 6 nitrogen and oxygen atoms in total. The van der Waals surface area contributed by atoms with Gasteiger partial charge in [0.2, 0.25) is 0 Å². The molecule has 0 radical (unpaired) electrons. The summed E-state index contributed by atoms with van der Waals surface area (Å²) in [6.07, 6.45) is -1.03. The second-order valence-electron chi connectivity index (χ2n) is 6.75. The van der Waals surface area contributed by atoms with E-state index in [0.29, 0.717) is 52.5 Å². The van der Waals surface area contributed by atoms with Crippen LogP contribution < -0.4 is 5.32 Å². The monoisotopic (exact) mass is 404 g/mol. The molecule has 0 spiro atoms. The fourth-order valence-corrected chi connectivity index (χ4v) is 3.04. The number of alkyl halides is 3. The van der Waals surface area contributed by atoms with E-state index in [1.807, 2.05) is 24.0 Å². The fourth-order valence-electron chi connectivity index (χ4n) is 3.04. The van der Waals surface area contributed by atoms with Gasteiger partial charge in [-0.1, -0.05) is 0 Å². The zero-order valence-corrected chi connectivity index (χ0v) is 16.7. The molecular formula is C19H31F3N4O2. The van der Waals surface area contributed by atoms with Gasteiger partial charge in [0.05, 0.1) is 6.26 Å². The van der Waals surface area contributed by atoms with Crippen molar-refractivity contribution < 1.29 is 22.3 Å². The van der Waals surface area contributed by atoms with Gasteiger partial charge in [-0.25, -0.2) is 0 Å². The van der Waals surface area contributed by atoms with Crippen molar-refractivity contribution in [1.82, 2.24) is 15.1 Å². The van der Waals surface area contributed by atoms with Crippen LogP contribution in [0.5, 0.6) is 0 Å². The molecule has 1 unspecified atom stereocenters. The predicted octanol–water partition coefficient (Wildman–Crippen LogP) is 2.76. The van der Waals surface area contributed by atoms with Crippen LogP contribution in [0.1, 0.15) is 26.0 Å². The zero-order chi connectivity index (χ0) is 20.4. The number of guanidine groups is 1. The maximum absolute atomic E-state index is 12.9.